The lowest BCUT2D eigenvalue weighted by Gasteiger charge is -2.11. The van der Waals surface area contributed by atoms with Crippen molar-refractivity contribution >= 4 is 17.9 Å². The molecule has 0 aliphatic carbocycles. The van der Waals surface area contributed by atoms with E-state index in [1.807, 2.05) is 24.3 Å². The number of hydrogen-bond donors (Lipinski definition) is 0. The highest BCUT2D eigenvalue weighted by atomic mass is 35.5. The number of ether oxygens (including phenoxy) is 1. The van der Waals surface area contributed by atoms with Gasteiger partial charge in [-0.05, 0) is 30.2 Å². The Kier molecular flexibility index (Phi) is 4.00. The quantitative estimate of drug-likeness (QED) is 0.756. The summed E-state index contributed by atoms with van der Waals surface area (Å²) in [5.41, 5.74) is 1.58. The van der Waals surface area contributed by atoms with Gasteiger partial charge in [-0.3, -0.25) is 4.79 Å². The minimum absolute atomic E-state index is 0.485. The Hall–Kier alpha value is -1.80. The molecule has 0 atom stereocenters. The zero-order valence-electron chi connectivity index (χ0n) is 10.0. The van der Waals surface area contributed by atoms with Gasteiger partial charge in [0.25, 0.3) is 0 Å². The van der Waals surface area contributed by atoms with Crippen molar-refractivity contribution in [3.05, 3.63) is 58.6 Å². The molecule has 0 aromatic heterocycles. The zero-order valence-corrected chi connectivity index (χ0v) is 10.8. The van der Waals surface area contributed by atoms with E-state index in [4.69, 9.17) is 16.3 Å². The second-order valence-corrected chi connectivity index (χ2v) is 4.30. The Labute approximate surface area is 111 Å². The Morgan fingerprint density at radius 3 is 2.67 bits per heavy atom. The first kappa shape index (κ1) is 12.7. The van der Waals surface area contributed by atoms with Gasteiger partial charge in [-0.15, -0.1) is 0 Å². The third-order valence-electron chi connectivity index (χ3n) is 2.68. The predicted molar refractivity (Wildman–Crippen MR) is 72.7 cm³/mol. The SMILES string of the molecule is CCc1ccccc1Oc1cc(Cl)ccc1C=O. The molecule has 0 radical (unpaired) electrons. The van der Waals surface area contributed by atoms with Gasteiger partial charge in [0, 0.05) is 11.1 Å². The molecule has 0 amide bonds. The number of halogens is 1. The number of aldehydes is 1. The zero-order chi connectivity index (χ0) is 13.0. The number of benzene rings is 2. The molecule has 0 heterocycles. The third kappa shape index (κ3) is 2.71. The summed E-state index contributed by atoms with van der Waals surface area (Å²) in [5, 5.41) is 0.546. The highest BCUT2D eigenvalue weighted by molar-refractivity contribution is 6.30. The van der Waals surface area contributed by atoms with E-state index >= 15 is 0 Å². The van der Waals surface area contributed by atoms with E-state index in [-0.39, 0.29) is 0 Å². The highest BCUT2D eigenvalue weighted by Gasteiger charge is 2.07. The van der Waals surface area contributed by atoms with Gasteiger partial charge in [0.1, 0.15) is 11.5 Å². The van der Waals surface area contributed by atoms with Gasteiger partial charge in [0.15, 0.2) is 6.29 Å². The van der Waals surface area contributed by atoms with Crippen molar-refractivity contribution < 1.29 is 9.53 Å². The average Bonchev–Trinajstić information content (AvgIpc) is 2.40. The summed E-state index contributed by atoms with van der Waals surface area (Å²) in [6, 6.07) is 12.7. The Balaban J connectivity index is 2.39. The molecular weight excluding hydrogens is 248 g/mol. The Morgan fingerprint density at radius 1 is 1.17 bits per heavy atom. The fraction of sp³-hybridized carbons (Fsp3) is 0.133. The van der Waals surface area contributed by atoms with Gasteiger partial charge < -0.3 is 4.74 Å². The second-order valence-electron chi connectivity index (χ2n) is 3.86. The van der Waals surface area contributed by atoms with Gasteiger partial charge in [0.2, 0.25) is 0 Å². The number of para-hydroxylation sites is 1. The summed E-state index contributed by atoms with van der Waals surface area (Å²) in [7, 11) is 0. The first-order valence-corrected chi connectivity index (χ1v) is 6.13. The largest absolute Gasteiger partial charge is 0.456 e. The van der Waals surface area contributed by atoms with Crippen molar-refractivity contribution in [3.63, 3.8) is 0 Å². The summed E-state index contributed by atoms with van der Waals surface area (Å²) in [4.78, 5) is 11.0. The number of aryl methyl sites for hydroxylation is 1. The molecule has 0 N–H and O–H groups in total. The molecule has 0 fully saturated rings. The molecule has 18 heavy (non-hydrogen) atoms. The van der Waals surface area contributed by atoms with Gasteiger partial charge in [-0.2, -0.15) is 0 Å². The van der Waals surface area contributed by atoms with E-state index in [1.165, 1.54) is 0 Å². The van der Waals surface area contributed by atoms with Crippen molar-refractivity contribution in [2.45, 2.75) is 13.3 Å². The number of rotatable bonds is 4. The Morgan fingerprint density at radius 2 is 1.94 bits per heavy atom. The maximum atomic E-state index is 11.0. The van der Waals surface area contributed by atoms with E-state index in [0.717, 1.165) is 24.0 Å². The molecule has 3 heteroatoms. The predicted octanol–water partition coefficient (Wildman–Crippen LogP) is 4.51. The van der Waals surface area contributed by atoms with Crippen LogP contribution >= 0.6 is 11.6 Å². The smallest absolute Gasteiger partial charge is 0.153 e. The molecule has 0 aliphatic heterocycles. The first-order valence-electron chi connectivity index (χ1n) is 5.75. The summed E-state index contributed by atoms with van der Waals surface area (Å²) in [5.74, 6) is 1.24. The van der Waals surface area contributed by atoms with Crippen molar-refractivity contribution in [1.29, 1.82) is 0 Å². The van der Waals surface area contributed by atoms with Crippen molar-refractivity contribution in [2.75, 3.05) is 0 Å². The monoisotopic (exact) mass is 260 g/mol. The summed E-state index contributed by atoms with van der Waals surface area (Å²) >= 11 is 5.92. The van der Waals surface area contributed by atoms with Crippen LogP contribution in [0.5, 0.6) is 11.5 Å². The molecular formula is C15H13ClO2. The molecule has 2 aromatic carbocycles. The molecule has 0 bridgehead atoms. The normalized spacial score (nSPS) is 10.1. The standard InChI is InChI=1S/C15H13ClO2/c1-2-11-5-3-4-6-14(11)18-15-9-13(16)8-7-12(15)10-17/h3-10H,2H2,1H3. The minimum Gasteiger partial charge on any atom is -0.456 e. The van der Waals surface area contributed by atoms with Crippen LogP contribution in [-0.2, 0) is 6.42 Å². The lowest BCUT2D eigenvalue weighted by Crippen LogP contribution is -1.93. The van der Waals surface area contributed by atoms with Crippen LogP contribution in [0.1, 0.15) is 22.8 Å². The molecule has 0 saturated carbocycles. The molecule has 2 rings (SSSR count). The van der Waals surface area contributed by atoms with E-state index in [9.17, 15) is 4.79 Å². The first-order chi connectivity index (χ1) is 8.74. The van der Waals surface area contributed by atoms with Gasteiger partial charge in [-0.1, -0.05) is 36.7 Å². The third-order valence-corrected chi connectivity index (χ3v) is 2.91. The molecule has 0 aliphatic rings. The number of hydrogen-bond acceptors (Lipinski definition) is 2. The lowest BCUT2D eigenvalue weighted by atomic mass is 10.1. The van der Waals surface area contributed by atoms with E-state index < -0.39 is 0 Å². The van der Waals surface area contributed by atoms with Crippen molar-refractivity contribution in [1.82, 2.24) is 0 Å². The maximum absolute atomic E-state index is 11.0. The molecule has 2 aromatic rings. The summed E-state index contributed by atoms with van der Waals surface area (Å²) in [6.45, 7) is 2.06. The molecule has 92 valence electrons. The number of carbonyl (C=O) groups is 1. The number of carbonyl (C=O) groups excluding carboxylic acids is 1. The van der Waals surface area contributed by atoms with Crippen LogP contribution in [0.3, 0.4) is 0 Å². The maximum Gasteiger partial charge on any atom is 0.153 e. The van der Waals surface area contributed by atoms with Crippen LogP contribution in [-0.4, -0.2) is 6.29 Å². The fourth-order valence-corrected chi connectivity index (χ4v) is 1.87. The van der Waals surface area contributed by atoms with E-state index in [1.54, 1.807) is 18.2 Å². The van der Waals surface area contributed by atoms with Gasteiger partial charge in [-0.25, -0.2) is 0 Å². The molecule has 2 nitrogen and oxygen atoms in total. The van der Waals surface area contributed by atoms with Crippen LogP contribution in [0.2, 0.25) is 5.02 Å². The lowest BCUT2D eigenvalue weighted by molar-refractivity contribution is 0.112. The fourth-order valence-electron chi connectivity index (χ4n) is 1.71. The van der Waals surface area contributed by atoms with Crippen molar-refractivity contribution in [2.24, 2.45) is 0 Å². The average molecular weight is 261 g/mol. The van der Waals surface area contributed by atoms with Gasteiger partial charge >= 0.3 is 0 Å². The topological polar surface area (TPSA) is 26.3 Å². The minimum atomic E-state index is 0.485. The summed E-state index contributed by atoms with van der Waals surface area (Å²) < 4.78 is 5.79. The highest BCUT2D eigenvalue weighted by Crippen LogP contribution is 2.29. The Bertz CT molecular complexity index is 564. The van der Waals surface area contributed by atoms with Crippen LogP contribution in [0.15, 0.2) is 42.5 Å². The van der Waals surface area contributed by atoms with Crippen molar-refractivity contribution in [3.8, 4) is 11.5 Å². The van der Waals surface area contributed by atoms with Crippen LogP contribution < -0.4 is 4.74 Å². The molecule has 0 spiro atoms. The van der Waals surface area contributed by atoms with Crippen LogP contribution in [0.25, 0.3) is 0 Å². The molecule has 0 saturated heterocycles. The summed E-state index contributed by atoms with van der Waals surface area (Å²) in [6.07, 6.45) is 1.63. The van der Waals surface area contributed by atoms with E-state index in [0.29, 0.717) is 16.3 Å². The van der Waals surface area contributed by atoms with Crippen LogP contribution in [0, 0.1) is 0 Å². The van der Waals surface area contributed by atoms with Gasteiger partial charge in [0.05, 0.1) is 5.56 Å². The van der Waals surface area contributed by atoms with Crippen LogP contribution in [0.4, 0.5) is 0 Å². The van der Waals surface area contributed by atoms with E-state index in [2.05, 4.69) is 6.92 Å². The second kappa shape index (κ2) is 5.69. The molecule has 0 unspecified atom stereocenters.